The van der Waals surface area contributed by atoms with E-state index in [2.05, 4.69) is 10.4 Å². The van der Waals surface area contributed by atoms with E-state index >= 15 is 0 Å². The first kappa shape index (κ1) is 19.6. The number of rotatable bonds is 5. The first-order chi connectivity index (χ1) is 15.1. The Labute approximate surface area is 182 Å². The van der Waals surface area contributed by atoms with Gasteiger partial charge in [-0.15, -0.1) is 11.3 Å². The Morgan fingerprint density at radius 2 is 2.03 bits per heavy atom. The molecule has 0 saturated carbocycles. The molecule has 0 bridgehead atoms. The Balaban J connectivity index is 1.46. The number of hydrogen-bond donors (Lipinski definition) is 1. The minimum atomic E-state index is -0.691. The fourth-order valence-corrected chi connectivity index (χ4v) is 5.05. The summed E-state index contributed by atoms with van der Waals surface area (Å²) in [4.78, 5) is 26.4. The summed E-state index contributed by atoms with van der Waals surface area (Å²) in [5.41, 5.74) is 1.41. The van der Waals surface area contributed by atoms with E-state index in [1.807, 2.05) is 56.3 Å². The van der Waals surface area contributed by atoms with Gasteiger partial charge in [-0.3, -0.25) is 9.59 Å². The standard InChI is InChI=1S/C23H21N3O4S/c1-3-16(22(27)24-11-14-8-9-17-18(10-14)30-12-29-17)26-23(28)20-15-6-4-5-7-19(15)31-21(20)13(2)25-26/h4-10,16H,3,11-12H2,1-2H3,(H,24,27)/t16-/m1/s1. The van der Waals surface area contributed by atoms with Crippen molar-refractivity contribution < 1.29 is 14.3 Å². The summed E-state index contributed by atoms with van der Waals surface area (Å²) in [6.45, 7) is 4.29. The molecule has 0 spiro atoms. The number of carbonyl (C=O) groups is 1. The number of hydrogen-bond acceptors (Lipinski definition) is 6. The van der Waals surface area contributed by atoms with E-state index in [4.69, 9.17) is 9.47 Å². The van der Waals surface area contributed by atoms with E-state index in [1.54, 1.807) is 11.3 Å². The Bertz CT molecular complexity index is 1370. The number of amides is 1. The summed E-state index contributed by atoms with van der Waals surface area (Å²) in [5, 5.41) is 8.98. The minimum absolute atomic E-state index is 0.205. The molecule has 2 aromatic heterocycles. The number of ether oxygens (including phenoxy) is 2. The SMILES string of the molecule is CC[C@H](C(=O)NCc1ccc2c(c1)OCO2)n1nc(C)c2sc3ccccc3c2c1=O. The van der Waals surface area contributed by atoms with Crippen molar-refractivity contribution in [1.82, 2.24) is 15.1 Å². The molecule has 1 aliphatic rings. The third-order valence-electron chi connectivity index (χ3n) is 5.49. The fourth-order valence-electron chi connectivity index (χ4n) is 3.92. The highest BCUT2D eigenvalue weighted by Crippen LogP contribution is 2.34. The van der Waals surface area contributed by atoms with Crippen molar-refractivity contribution in [1.29, 1.82) is 0 Å². The second-order valence-electron chi connectivity index (χ2n) is 7.47. The Hall–Kier alpha value is -3.39. The molecule has 0 aliphatic carbocycles. The van der Waals surface area contributed by atoms with Gasteiger partial charge in [-0.05, 0) is 37.1 Å². The van der Waals surface area contributed by atoms with Crippen LogP contribution in [0, 0.1) is 6.92 Å². The number of carbonyl (C=O) groups excluding carboxylic acids is 1. The van der Waals surface area contributed by atoms with E-state index < -0.39 is 6.04 Å². The van der Waals surface area contributed by atoms with Gasteiger partial charge in [0.2, 0.25) is 12.7 Å². The van der Waals surface area contributed by atoms with Gasteiger partial charge < -0.3 is 14.8 Å². The predicted octanol–water partition coefficient (Wildman–Crippen LogP) is 3.92. The van der Waals surface area contributed by atoms with Gasteiger partial charge in [0.05, 0.1) is 15.8 Å². The summed E-state index contributed by atoms with van der Waals surface area (Å²) in [7, 11) is 0. The highest BCUT2D eigenvalue weighted by molar-refractivity contribution is 7.26. The van der Waals surface area contributed by atoms with Crippen LogP contribution in [0.5, 0.6) is 11.5 Å². The highest BCUT2D eigenvalue weighted by Gasteiger charge is 2.24. The maximum atomic E-state index is 13.4. The lowest BCUT2D eigenvalue weighted by Gasteiger charge is -2.17. The average Bonchev–Trinajstić information content (AvgIpc) is 3.40. The van der Waals surface area contributed by atoms with Gasteiger partial charge in [0.1, 0.15) is 6.04 Å². The summed E-state index contributed by atoms with van der Waals surface area (Å²) >= 11 is 1.56. The van der Waals surface area contributed by atoms with Crippen molar-refractivity contribution in [2.24, 2.45) is 0 Å². The molecule has 3 heterocycles. The molecule has 1 amide bonds. The maximum Gasteiger partial charge on any atom is 0.276 e. The van der Waals surface area contributed by atoms with E-state index in [1.165, 1.54) is 4.68 Å². The third kappa shape index (κ3) is 3.33. The highest BCUT2D eigenvalue weighted by atomic mass is 32.1. The van der Waals surface area contributed by atoms with Crippen LogP contribution in [0.2, 0.25) is 0 Å². The van der Waals surface area contributed by atoms with E-state index in [-0.39, 0.29) is 18.3 Å². The monoisotopic (exact) mass is 435 g/mol. The van der Waals surface area contributed by atoms with Crippen molar-refractivity contribution in [3.05, 3.63) is 64.1 Å². The zero-order valence-corrected chi connectivity index (χ0v) is 18.0. The molecule has 1 aliphatic heterocycles. The number of thiophene rings is 1. The largest absolute Gasteiger partial charge is 0.454 e. The third-order valence-corrected chi connectivity index (χ3v) is 6.77. The lowest BCUT2D eigenvalue weighted by atomic mass is 10.1. The number of benzene rings is 2. The summed E-state index contributed by atoms with van der Waals surface area (Å²) in [5.74, 6) is 1.12. The smallest absolute Gasteiger partial charge is 0.276 e. The molecule has 1 N–H and O–H groups in total. The molecule has 31 heavy (non-hydrogen) atoms. The first-order valence-corrected chi connectivity index (χ1v) is 11.0. The maximum absolute atomic E-state index is 13.4. The van der Waals surface area contributed by atoms with Crippen LogP contribution in [0.4, 0.5) is 0 Å². The van der Waals surface area contributed by atoms with Gasteiger partial charge in [-0.1, -0.05) is 31.2 Å². The number of aryl methyl sites for hydroxylation is 1. The second-order valence-corrected chi connectivity index (χ2v) is 8.52. The van der Waals surface area contributed by atoms with E-state index in [0.29, 0.717) is 29.9 Å². The van der Waals surface area contributed by atoms with Gasteiger partial charge in [0.25, 0.3) is 5.56 Å². The van der Waals surface area contributed by atoms with Crippen molar-refractivity contribution >= 4 is 37.4 Å². The van der Waals surface area contributed by atoms with Crippen LogP contribution in [0.15, 0.2) is 47.3 Å². The van der Waals surface area contributed by atoms with E-state index in [9.17, 15) is 9.59 Å². The van der Waals surface area contributed by atoms with Gasteiger partial charge in [0, 0.05) is 16.6 Å². The topological polar surface area (TPSA) is 82.4 Å². The van der Waals surface area contributed by atoms with Crippen LogP contribution in [-0.2, 0) is 11.3 Å². The molecule has 4 aromatic rings. The minimum Gasteiger partial charge on any atom is -0.454 e. The van der Waals surface area contributed by atoms with Crippen LogP contribution < -0.4 is 20.3 Å². The van der Waals surface area contributed by atoms with Gasteiger partial charge in [0.15, 0.2) is 11.5 Å². The van der Waals surface area contributed by atoms with Crippen LogP contribution in [0.25, 0.3) is 20.2 Å². The van der Waals surface area contributed by atoms with Crippen molar-refractivity contribution in [3.63, 3.8) is 0 Å². The normalized spacial score (nSPS) is 13.6. The molecule has 5 rings (SSSR count). The summed E-state index contributed by atoms with van der Waals surface area (Å²) in [6, 6.07) is 12.7. The van der Waals surface area contributed by atoms with Gasteiger partial charge in [-0.25, -0.2) is 4.68 Å². The first-order valence-electron chi connectivity index (χ1n) is 10.1. The molecule has 158 valence electrons. The molecule has 8 heteroatoms. The van der Waals surface area contributed by atoms with Crippen LogP contribution in [0.1, 0.15) is 30.6 Å². The number of aromatic nitrogens is 2. The molecule has 0 fully saturated rings. The number of nitrogens with one attached hydrogen (secondary N) is 1. The van der Waals surface area contributed by atoms with Gasteiger partial charge >= 0.3 is 0 Å². The quantitative estimate of drug-likeness (QED) is 0.514. The fraction of sp³-hybridized carbons (Fsp3) is 0.261. The lowest BCUT2D eigenvalue weighted by Crippen LogP contribution is -2.38. The Morgan fingerprint density at radius 3 is 2.87 bits per heavy atom. The molecule has 0 radical (unpaired) electrons. The molecule has 7 nitrogen and oxygen atoms in total. The van der Waals surface area contributed by atoms with E-state index in [0.717, 1.165) is 26.0 Å². The average molecular weight is 436 g/mol. The number of nitrogens with zero attached hydrogens (tertiary/aromatic N) is 2. The zero-order chi connectivity index (χ0) is 21.5. The number of fused-ring (bicyclic) bond motifs is 4. The Kier molecular flexibility index (Phi) is 4.86. The van der Waals surface area contributed by atoms with Crippen LogP contribution in [-0.4, -0.2) is 22.5 Å². The van der Waals surface area contributed by atoms with Crippen molar-refractivity contribution in [2.75, 3.05) is 6.79 Å². The van der Waals surface area contributed by atoms with Crippen LogP contribution in [0.3, 0.4) is 0 Å². The van der Waals surface area contributed by atoms with Crippen LogP contribution >= 0.6 is 11.3 Å². The molecule has 2 aromatic carbocycles. The molecule has 0 saturated heterocycles. The van der Waals surface area contributed by atoms with Crippen molar-refractivity contribution in [3.8, 4) is 11.5 Å². The summed E-state index contributed by atoms with van der Waals surface area (Å²) in [6.07, 6.45) is 0.451. The molecular formula is C23H21N3O4S. The second kappa shape index (κ2) is 7.70. The molecular weight excluding hydrogens is 414 g/mol. The molecule has 0 unspecified atom stereocenters. The predicted molar refractivity (Wildman–Crippen MR) is 120 cm³/mol. The zero-order valence-electron chi connectivity index (χ0n) is 17.2. The van der Waals surface area contributed by atoms with Gasteiger partial charge in [-0.2, -0.15) is 5.10 Å². The lowest BCUT2D eigenvalue weighted by molar-refractivity contribution is -0.125. The Morgan fingerprint density at radius 1 is 1.23 bits per heavy atom. The molecule has 1 atom stereocenters. The van der Waals surface area contributed by atoms with Crippen molar-refractivity contribution in [2.45, 2.75) is 32.9 Å². The summed E-state index contributed by atoms with van der Waals surface area (Å²) < 4.78 is 14.0.